The lowest BCUT2D eigenvalue weighted by Crippen LogP contribution is -2.51. The number of hydrogen-bond acceptors (Lipinski definition) is 7. The number of aryl methyl sites for hydroxylation is 1. The molecule has 0 N–H and O–H groups in total. The first-order valence-electron chi connectivity index (χ1n) is 9.97. The summed E-state index contributed by atoms with van der Waals surface area (Å²) < 4.78 is 33.2. The Hall–Kier alpha value is -2.92. The lowest BCUT2D eigenvalue weighted by Gasteiger charge is -2.36. The van der Waals surface area contributed by atoms with Gasteiger partial charge in [0.15, 0.2) is 0 Å². The molecule has 1 fully saturated rings. The lowest BCUT2D eigenvalue weighted by molar-refractivity contribution is -0.131. The minimum Gasteiger partial charge on any atom is -0.461 e. The third-order valence-corrected chi connectivity index (χ3v) is 6.90. The van der Waals surface area contributed by atoms with Crippen LogP contribution in [0.3, 0.4) is 0 Å². The summed E-state index contributed by atoms with van der Waals surface area (Å²) in [5.41, 5.74) is 0.130. The van der Waals surface area contributed by atoms with Crippen molar-refractivity contribution in [1.29, 1.82) is 0 Å². The predicted molar refractivity (Wildman–Crippen MR) is 114 cm³/mol. The third kappa shape index (κ3) is 5.05. The number of anilines is 1. The van der Waals surface area contributed by atoms with Gasteiger partial charge in [0.05, 0.1) is 13.2 Å². The Bertz CT molecular complexity index is 1030. The van der Waals surface area contributed by atoms with Crippen LogP contribution in [0.25, 0.3) is 0 Å². The number of aromatic nitrogens is 2. The van der Waals surface area contributed by atoms with E-state index in [0.29, 0.717) is 26.2 Å². The van der Waals surface area contributed by atoms with Gasteiger partial charge in [-0.05, 0) is 25.1 Å². The van der Waals surface area contributed by atoms with Crippen LogP contribution in [0, 0.1) is 0 Å². The van der Waals surface area contributed by atoms with Crippen molar-refractivity contribution in [2.45, 2.75) is 11.8 Å². The minimum atomic E-state index is -3.94. The van der Waals surface area contributed by atoms with E-state index in [4.69, 9.17) is 4.74 Å². The Morgan fingerprint density at radius 1 is 1.19 bits per heavy atom. The number of ether oxygens (including phenoxy) is 1. The maximum atomic E-state index is 12.9. The average molecular weight is 450 g/mol. The number of sulfonamides is 1. The van der Waals surface area contributed by atoms with Crippen molar-refractivity contribution in [3.8, 4) is 0 Å². The van der Waals surface area contributed by atoms with Gasteiger partial charge in [0.25, 0.3) is 0 Å². The van der Waals surface area contributed by atoms with E-state index in [2.05, 4.69) is 9.88 Å². The SMILES string of the molecule is CCOC(=O)c1cc(S(=O)(=O)N(C)CC(=O)N2CCN(c3ccccn3)CC2)cn1C. The number of likely N-dealkylation sites (N-methyl/N-ethyl adjacent to an activating group) is 1. The standard InChI is InChI=1S/C20H27N5O5S/c1-4-30-20(27)17-13-16(14-22(17)2)31(28,29)23(3)15-19(26)25-11-9-24(10-12-25)18-7-5-6-8-21-18/h5-8,13-14H,4,9-12,15H2,1-3H3. The summed E-state index contributed by atoms with van der Waals surface area (Å²) in [5, 5.41) is 0. The van der Waals surface area contributed by atoms with Crippen molar-refractivity contribution in [1.82, 2.24) is 18.8 Å². The molecule has 11 heteroatoms. The van der Waals surface area contributed by atoms with Crippen LogP contribution in [0.1, 0.15) is 17.4 Å². The number of esters is 1. The number of carbonyl (C=O) groups excluding carboxylic acids is 2. The second-order valence-corrected chi connectivity index (χ2v) is 9.25. The van der Waals surface area contributed by atoms with Crippen molar-refractivity contribution in [3.05, 3.63) is 42.4 Å². The summed E-state index contributed by atoms with van der Waals surface area (Å²) in [6.45, 7) is 3.81. The second-order valence-electron chi connectivity index (χ2n) is 7.21. The highest BCUT2D eigenvalue weighted by molar-refractivity contribution is 7.89. The van der Waals surface area contributed by atoms with E-state index >= 15 is 0 Å². The fourth-order valence-electron chi connectivity index (χ4n) is 3.36. The van der Waals surface area contributed by atoms with E-state index in [1.165, 1.54) is 23.9 Å². The van der Waals surface area contributed by atoms with Crippen LogP contribution in [-0.4, -0.2) is 85.4 Å². The Kier molecular flexibility index (Phi) is 6.96. The van der Waals surface area contributed by atoms with Crippen LogP contribution in [-0.2, 0) is 26.6 Å². The summed E-state index contributed by atoms with van der Waals surface area (Å²) in [5.74, 6) is -0.0139. The van der Waals surface area contributed by atoms with Gasteiger partial charge in [-0.2, -0.15) is 4.31 Å². The van der Waals surface area contributed by atoms with Crippen LogP contribution in [0.2, 0.25) is 0 Å². The topological polar surface area (TPSA) is 105 Å². The molecule has 0 spiro atoms. The molecule has 168 valence electrons. The van der Waals surface area contributed by atoms with Crippen LogP contribution < -0.4 is 4.90 Å². The Labute approximate surface area is 182 Å². The zero-order valence-corrected chi connectivity index (χ0v) is 18.7. The quantitative estimate of drug-likeness (QED) is 0.569. The Morgan fingerprint density at radius 3 is 2.52 bits per heavy atom. The van der Waals surface area contributed by atoms with Gasteiger partial charge in [-0.3, -0.25) is 4.79 Å². The van der Waals surface area contributed by atoms with Crippen molar-refractivity contribution in [2.75, 3.05) is 51.3 Å². The molecule has 3 rings (SSSR count). The van der Waals surface area contributed by atoms with E-state index in [9.17, 15) is 18.0 Å². The molecule has 2 aromatic rings. The summed E-state index contributed by atoms with van der Waals surface area (Å²) in [6.07, 6.45) is 3.07. The number of rotatable bonds is 7. The molecule has 31 heavy (non-hydrogen) atoms. The fraction of sp³-hybridized carbons (Fsp3) is 0.450. The van der Waals surface area contributed by atoms with E-state index in [1.807, 2.05) is 18.2 Å². The number of hydrogen-bond donors (Lipinski definition) is 0. The fourth-order valence-corrected chi connectivity index (χ4v) is 4.56. The van der Waals surface area contributed by atoms with Gasteiger partial charge in [0.2, 0.25) is 15.9 Å². The van der Waals surface area contributed by atoms with Crippen LogP contribution in [0.15, 0.2) is 41.6 Å². The molecule has 0 unspecified atom stereocenters. The normalized spacial score (nSPS) is 14.7. The zero-order chi connectivity index (χ0) is 22.6. The van der Waals surface area contributed by atoms with Crippen LogP contribution in [0.4, 0.5) is 5.82 Å². The molecule has 1 aliphatic rings. The van der Waals surface area contributed by atoms with Gasteiger partial charge in [-0.1, -0.05) is 6.07 Å². The van der Waals surface area contributed by atoms with Crippen molar-refractivity contribution >= 4 is 27.7 Å². The molecular weight excluding hydrogens is 422 g/mol. The van der Waals surface area contributed by atoms with Crippen molar-refractivity contribution in [3.63, 3.8) is 0 Å². The molecule has 0 radical (unpaired) electrons. The molecule has 0 saturated carbocycles. The third-order valence-electron chi connectivity index (χ3n) is 5.14. The van der Waals surface area contributed by atoms with Crippen LogP contribution in [0.5, 0.6) is 0 Å². The van der Waals surface area contributed by atoms with Gasteiger partial charge >= 0.3 is 5.97 Å². The van der Waals surface area contributed by atoms with Crippen molar-refractivity contribution in [2.24, 2.45) is 7.05 Å². The lowest BCUT2D eigenvalue weighted by atomic mass is 10.3. The first-order chi connectivity index (χ1) is 14.7. The Morgan fingerprint density at radius 2 is 1.90 bits per heavy atom. The molecular formula is C20H27N5O5S. The van der Waals surface area contributed by atoms with E-state index in [-0.39, 0.29) is 29.6 Å². The molecule has 0 bridgehead atoms. The highest BCUT2D eigenvalue weighted by Gasteiger charge is 2.29. The number of nitrogens with zero attached hydrogens (tertiary/aromatic N) is 5. The maximum absolute atomic E-state index is 12.9. The van der Waals surface area contributed by atoms with E-state index in [0.717, 1.165) is 10.1 Å². The molecule has 0 aliphatic carbocycles. The molecule has 0 atom stereocenters. The minimum absolute atomic E-state index is 0.0617. The molecule has 1 aliphatic heterocycles. The molecule has 10 nitrogen and oxygen atoms in total. The predicted octanol–water partition coefficient (Wildman–Crippen LogP) is 0.566. The molecule has 1 amide bonds. The smallest absolute Gasteiger partial charge is 0.354 e. The molecule has 1 saturated heterocycles. The number of amides is 1. The first kappa shape index (κ1) is 22.8. The van der Waals surface area contributed by atoms with Gasteiger partial charge in [0.1, 0.15) is 16.4 Å². The number of carbonyl (C=O) groups is 2. The summed E-state index contributed by atoms with van der Waals surface area (Å²) in [6, 6.07) is 6.95. The van der Waals surface area contributed by atoms with Crippen molar-refractivity contribution < 1.29 is 22.7 Å². The Balaban J connectivity index is 1.62. The monoisotopic (exact) mass is 449 g/mol. The summed E-state index contributed by atoms with van der Waals surface area (Å²) in [7, 11) is -1.02. The second kappa shape index (κ2) is 9.48. The number of pyridine rings is 1. The maximum Gasteiger partial charge on any atom is 0.354 e. The van der Waals surface area contributed by atoms with Gasteiger partial charge in [-0.15, -0.1) is 0 Å². The summed E-state index contributed by atoms with van der Waals surface area (Å²) in [4.78, 5) is 32.7. The van der Waals surface area contributed by atoms with Gasteiger partial charge in [0, 0.05) is 52.7 Å². The molecule has 3 heterocycles. The zero-order valence-electron chi connectivity index (χ0n) is 17.9. The molecule has 2 aromatic heterocycles. The molecule has 0 aromatic carbocycles. The average Bonchev–Trinajstić information content (AvgIpc) is 3.17. The van der Waals surface area contributed by atoms with Gasteiger partial charge < -0.3 is 19.1 Å². The van der Waals surface area contributed by atoms with E-state index < -0.39 is 16.0 Å². The summed E-state index contributed by atoms with van der Waals surface area (Å²) >= 11 is 0. The highest BCUT2D eigenvalue weighted by atomic mass is 32.2. The van der Waals surface area contributed by atoms with Gasteiger partial charge in [-0.25, -0.2) is 18.2 Å². The van der Waals surface area contributed by atoms with E-state index in [1.54, 1.807) is 25.1 Å². The van der Waals surface area contributed by atoms with Crippen LogP contribution >= 0.6 is 0 Å². The number of piperazine rings is 1. The largest absolute Gasteiger partial charge is 0.461 e. The first-order valence-corrected chi connectivity index (χ1v) is 11.4. The highest BCUT2D eigenvalue weighted by Crippen LogP contribution is 2.19.